The molecule has 0 fully saturated rings. The van der Waals surface area contributed by atoms with Gasteiger partial charge in [-0.1, -0.05) is 20.3 Å². The molecule has 0 aliphatic carbocycles. The Kier molecular flexibility index (Phi) is 5.38. The summed E-state index contributed by atoms with van der Waals surface area (Å²) >= 11 is 1.72. The van der Waals surface area contributed by atoms with E-state index in [9.17, 15) is 5.11 Å². The molecule has 2 atom stereocenters. The molecule has 0 spiro atoms. The molecule has 0 aliphatic heterocycles. The summed E-state index contributed by atoms with van der Waals surface area (Å²) in [7, 11) is 0. The topological polar surface area (TPSA) is 45.1 Å². The molecular formula is C12H22N2OS. The summed E-state index contributed by atoms with van der Waals surface area (Å²) < 4.78 is 0. The number of hydrogen-bond donors (Lipinski definition) is 2. The Morgan fingerprint density at radius 2 is 2.12 bits per heavy atom. The standard InChI is InChI=1S/C12H22N2OS/c1-5-8(2)11(15)6-13-7-12-9(3)14-10(4)16-12/h8,11,13,15H,5-7H2,1-4H3. The van der Waals surface area contributed by atoms with Crippen LogP contribution in [0.15, 0.2) is 0 Å². The van der Waals surface area contributed by atoms with Crippen LogP contribution in [0, 0.1) is 19.8 Å². The molecular weight excluding hydrogens is 220 g/mol. The quantitative estimate of drug-likeness (QED) is 0.804. The van der Waals surface area contributed by atoms with Gasteiger partial charge in [-0.2, -0.15) is 0 Å². The first-order chi connectivity index (χ1) is 7.54. The van der Waals surface area contributed by atoms with Gasteiger partial charge in [0.1, 0.15) is 0 Å². The molecule has 0 bridgehead atoms. The monoisotopic (exact) mass is 242 g/mol. The maximum Gasteiger partial charge on any atom is 0.0900 e. The Bertz CT molecular complexity index is 325. The van der Waals surface area contributed by atoms with E-state index in [4.69, 9.17) is 0 Å². The number of aliphatic hydroxyl groups is 1. The van der Waals surface area contributed by atoms with Crippen LogP contribution in [-0.4, -0.2) is 22.7 Å². The van der Waals surface area contributed by atoms with Gasteiger partial charge < -0.3 is 10.4 Å². The Balaban J connectivity index is 2.33. The third-order valence-electron chi connectivity index (χ3n) is 2.94. The molecule has 1 aromatic rings. The number of thiazole rings is 1. The van der Waals surface area contributed by atoms with Crippen LogP contribution >= 0.6 is 11.3 Å². The number of aryl methyl sites for hydroxylation is 2. The first-order valence-electron chi connectivity index (χ1n) is 5.86. The lowest BCUT2D eigenvalue weighted by molar-refractivity contribution is 0.113. The van der Waals surface area contributed by atoms with Gasteiger partial charge in [-0.3, -0.25) is 0 Å². The Hall–Kier alpha value is -0.450. The summed E-state index contributed by atoms with van der Waals surface area (Å²) in [6.07, 6.45) is 0.765. The predicted molar refractivity (Wildman–Crippen MR) is 68.8 cm³/mol. The van der Waals surface area contributed by atoms with Crippen LogP contribution in [0.4, 0.5) is 0 Å². The third-order valence-corrected chi connectivity index (χ3v) is 4.01. The van der Waals surface area contributed by atoms with E-state index in [1.807, 2.05) is 13.8 Å². The Morgan fingerprint density at radius 1 is 1.44 bits per heavy atom. The van der Waals surface area contributed by atoms with E-state index in [1.165, 1.54) is 4.88 Å². The molecule has 0 aliphatic rings. The Labute approximate surface area is 102 Å². The van der Waals surface area contributed by atoms with Gasteiger partial charge in [0.15, 0.2) is 0 Å². The molecule has 4 heteroatoms. The number of hydrogen-bond acceptors (Lipinski definition) is 4. The lowest BCUT2D eigenvalue weighted by Crippen LogP contribution is -2.31. The lowest BCUT2D eigenvalue weighted by atomic mass is 10.0. The van der Waals surface area contributed by atoms with E-state index >= 15 is 0 Å². The van der Waals surface area contributed by atoms with Crippen molar-refractivity contribution < 1.29 is 5.11 Å². The summed E-state index contributed by atoms with van der Waals surface area (Å²) in [5.41, 5.74) is 1.10. The van der Waals surface area contributed by atoms with Gasteiger partial charge in [-0.15, -0.1) is 11.3 Å². The van der Waals surface area contributed by atoms with Crippen molar-refractivity contribution in [2.75, 3.05) is 6.54 Å². The highest BCUT2D eigenvalue weighted by molar-refractivity contribution is 7.11. The van der Waals surface area contributed by atoms with Crippen molar-refractivity contribution in [3.63, 3.8) is 0 Å². The van der Waals surface area contributed by atoms with Crippen molar-refractivity contribution in [2.24, 2.45) is 5.92 Å². The normalized spacial score (nSPS) is 15.1. The summed E-state index contributed by atoms with van der Waals surface area (Å²) in [6.45, 7) is 9.70. The van der Waals surface area contributed by atoms with Gasteiger partial charge in [0, 0.05) is 18.0 Å². The zero-order chi connectivity index (χ0) is 12.1. The SMILES string of the molecule is CCC(C)C(O)CNCc1sc(C)nc1C. The number of aliphatic hydroxyl groups excluding tert-OH is 1. The fraction of sp³-hybridized carbons (Fsp3) is 0.750. The second-order valence-electron chi connectivity index (χ2n) is 4.33. The van der Waals surface area contributed by atoms with Crippen LogP contribution < -0.4 is 5.32 Å². The highest BCUT2D eigenvalue weighted by atomic mass is 32.1. The zero-order valence-corrected chi connectivity index (χ0v) is 11.4. The fourth-order valence-electron chi connectivity index (χ4n) is 1.54. The van der Waals surface area contributed by atoms with Crippen molar-refractivity contribution in [3.05, 3.63) is 15.6 Å². The summed E-state index contributed by atoms with van der Waals surface area (Å²) in [5.74, 6) is 0.358. The summed E-state index contributed by atoms with van der Waals surface area (Å²) in [6, 6.07) is 0. The van der Waals surface area contributed by atoms with Crippen LogP contribution in [0.5, 0.6) is 0 Å². The van der Waals surface area contributed by atoms with E-state index in [2.05, 4.69) is 24.1 Å². The molecule has 1 heterocycles. The minimum absolute atomic E-state index is 0.251. The highest BCUT2D eigenvalue weighted by Gasteiger charge is 2.12. The van der Waals surface area contributed by atoms with E-state index < -0.39 is 0 Å². The lowest BCUT2D eigenvalue weighted by Gasteiger charge is -2.17. The zero-order valence-electron chi connectivity index (χ0n) is 10.6. The van der Waals surface area contributed by atoms with Gasteiger partial charge in [0.25, 0.3) is 0 Å². The average molecular weight is 242 g/mol. The minimum Gasteiger partial charge on any atom is -0.392 e. The second-order valence-corrected chi connectivity index (χ2v) is 5.61. The van der Waals surface area contributed by atoms with Crippen molar-refractivity contribution >= 4 is 11.3 Å². The molecule has 0 radical (unpaired) electrons. The van der Waals surface area contributed by atoms with Gasteiger partial charge >= 0.3 is 0 Å². The van der Waals surface area contributed by atoms with Crippen molar-refractivity contribution in [2.45, 2.75) is 46.8 Å². The van der Waals surface area contributed by atoms with Crippen molar-refractivity contribution in [3.8, 4) is 0 Å². The number of aromatic nitrogens is 1. The average Bonchev–Trinajstić information content (AvgIpc) is 2.56. The van der Waals surface area contributed by atoms with E-state index in [1.54, 1.807) is 11.3 Å². The van der Waals surface area contributed by atoms with Gasteiger partial charge in [-0.25, -0.2) is 4.98 Å². The molecule has 0 saturated carbocycles. The number of rotatable bonds is 6. The van der Waals surface area contributed by atoms with E-state index in [0.29, 0.717) is 12.5 Å². The number of nitrogens with one attached hydrogen (secondary N) is 1. The first-order valence-corrected chi connectivity index (χ1v) is 6.68. The molecule has 2 N–H and O–H groups in total. The molecule has 0 saturated heterocycles. The summed E-state index contributed by atoms with van der Waals surface area (Å²) in [4.78, 5) is 5.65. The molecule has 3 nitrogen and oxygen atoms in total. The highest BCUT2D eigenvalue weighted by Crippen LogP contribution is 2.16. The van der Waals surface area contributed by atoms with Crippen LogP contribution in [0.3, 0.4) is 0 Å². The van der Waals surface area contributed by atoms with Gasteiger partial charge in [0.2, 0.25) is 0 Å². The maximum atomic E-state index is 9.80. The van der Waals surface area contributed by atoms with Crippen LogP contribution in [0.1, 0.15) is 35.8 Å². The van der Waals surface area contributed by atoms with Gasteiger partial charge in [-0.05, 0) is 19.8 Å². The van der Waals surface area contributed by atoms with Crippen LogP contribution in [0.25, 0.3) is 0 Å². The molecule has 0 aromatic carbocycles. The second kappa shape index (κ2) is 6.33. The van der Waals surface area contributed by atoms with Crippen molar-refractivity contribution in [1.82, 2.24) is 10.3 Å². The predicted octanol–water partition coefficient (Wildman–Crippen LogP) is 2.26. The molecule has 1 aromatic heterocycles. The van der Waals surface area contributed by atoms with Crippen LogP contribution in [-0.2, 0) is 6.54 Å². The molecule has 16 heavy (non-hydrogen) atoms. The molecule has 1 rings (SSSR count). The molecule has 92 valence electrons. The largest absolute Gasteiger partial charge is 0.392 e. The van der Waals surface area contributed by atoms with E-state index in [0.717, 1.165) is 23.7 Å². The maximum absolute atomic E-state index is 9.80. The van der Waals surface area contributed by atoms with Crippen molar-refractivity contribution in [1.29, 1.82) is 0 Å². The minimum atomic E-state index is -0.251. The smallest absolute Gasteiger partial charge is 0.0900 e. The summed E-state index contributed by atoms with van der Waals surface area (Å²) in [5, 5.41) is 14.2. The van der Waals surface area contributed by atoms with Crippen LogP contribution in [0.2, 0.25) is 0 Å². The number of nitrogens with zero attached hydrogens (tertiary/aromatic N) is 1. The van der Waals surface area contributed by atoms with E-state index in [-0.39, 0.29) is 6.10 Å². The molecule has 0 amide bonds. The Morgan fingerprint density at radius 3 is 2.62 bits per heavy atom. The molecule has 2 unspecified atom stereocenters. The fourth-order valence-corrected chi connectivity index (χ4v) is 2.45. The third kappa shape index (κ3) is 3.85. The first kappa shape index (κ1) is 13.6. The van der Waals surface area contributed by atoms with Gasteiger partial charge in [0.05, 0.1) is 16.8 Å².